The Bertz CT molecular complexity index is 418. The molecule has 0 aromatic carbocycles. The number of hydrogen-bond acceptors (Lipinski definition) is 5. The van der Waals surface area contributed by atoms with Crippen LogP contribution in [-0.2, 0) is 11.8 Å². The third kappa shape index (κ3) is 2.07. The number of morpholine rings is 1. The van der Waals surface area contributed by atoms with Gasteiger partial charge in [0.15, 0.2) is 5.82 Å². The average molecular weight is 225 g/mol. The highest BCUT2D eigenvalue weighted by molar-refractivity contribution is 5.36. The van der Waals surface area contributed by atoms with Crippen molar-refractivity contribution in [2.24, 2.45) is 7.05 Å². The fourth-order valence-electron chi connectivity index (χ4n) is 1.72. The molecule has 1 aliphatic heterocycles. The number of aromatic nitrogens is 2. The highest BCUT2D eigenvalue weighted by atomic mass is 16.5. The summed E-state index contributed by atoms with van der Waals surface area (Å²) in [4.78, 5) is 17.8. The second kappa shape index (κ2) is 4.63. The molecule has 0 amide bonds. The Kier molecular flexibility index (Phi) is 3.21. The first-order valence-corrected chi connectivity index (χ1v) is 5.21. The van der Waals surface area contributed by atoms with Crippen LogP contribution in [0.2, 0.25) is 0 Å². The lowest BCUT2D eigenvalue weighted by atomic mass is 10.3. The Labute approximate surface area is 93.1 Å². The molecule has 6 nitrogen and oxygen atoms in total. The summed E-state index contributed by atoms with van der Waals surface area (Å²) >= 11 is 0. The van der Waals surface area contributed by atoms with E-state index in [4.69, 9.17) is 9.84 Å². The molecule has 0 bridgehead atoms. The van der Waals surface area contributed by atoms with Crippen LogP contribution < -0.4 is 10.5 Å². The maximum absolute atomic E-state index is 11.8. The van der Waals surface area contributed by atoms with Crippen LogP contribution in [0.1, 0.15) is 0 Å². The van der Waals surface area contributed by atoms with Gasteiger partial charge in [-0.15, -0.1) is 0 Å². The lowest BCUT2D eigenvalue weighted by Crippen LogP contribution is -2.46. The standard InChI is InChI=1S/C10H15N3O3/c1-12-3-2-11-9(10(12)15)13-4-5-16-8(6-13)7-14/h2-3,8,14H,4-7H2,1H3. The number of anilines is 1. The predicted octanol–water partition coefficient (Wildman–Crippen LogP) is -1.02. The van der Waals surface area contributed by atoms with Crippen molar-refractivity contribution in [3.63, 3.8) is 0 Å². The number of nitrogens with zero attached hydrogens (tertiary/aromatic N) is 3. The van der Waals surface area contributed by atoms with Crippen molar-refractivity contribution in [3.05, 3.63) is 22.7 Å². The summed E-state index contributed by atoms with van der Waals surface area (Å²) in [5.41, 5.74) is -0.124. The quantitative estimate of drug-likeness (QED) is 0.697. The van der Waals surface area contributed by atoms with Crippen LogP contribution in [0.3, 0.4) is 0 Å². The van der Waals surface area contributed by atoms with Crippen LogP contribution in [0.15, 0.2) is 17.2 Å². The Balaban J connectivity index is 2.23. The van der Waals surface area contributed by atoms with Gasteiger partial charge in [-0.3, -0.25) is 4.79 Å². The number of aliphatic hydroxyl groups is 1. The molecule has 1 unspecified atom stereocenters. The third-order valence-corrected chi connectivity index (χ3v) is 2.64. The van der Waals surface area contributed by atoms with Gasteiger partial charge in [0, 0.05) is 32.5 Å². The maximum atomic E-state index is 11.8. The number of rotatable bonds is 2. The topological polar surface area (TPSA) is 67.6 Å². The fraction of sp³-hybridized carbons (Fsp3) is 0.600. The van der Waals surface area contributed by atoms with Crippen molar-refractivity contribution in [2.45, 2.75) is 6.10 Å². The largest absolute Gasteiger partial charge is 0.394 e. The Morgan fingerprint density at radius 1 is 1.69 bits per heavy atom. The molecule has 2 heterocycles. The summed E-state index contributed by atoms with van der Waals surface area (Å²) in [6, 6.07) is 0. The molecule has 0 aliphatic carbocycles. The lowest BCUT2D eigenvalue weighted by molar-refractivity contribution is 0.00327. The smallest absolute Gasteiger partial charge is 0.293 e. The third-order valence-electron chi connectivity index (χ3n) is 2.64. The van der Waals surface area contributed by atoms with E-state index in [0.29, 0.717) is 25.5 Å². The maximum Gasteiger partial charge on any atom is 0.293 e. The molecule has 0 radical (unpaired) electrons. The first kappa shape index (κ1) is 11.1. The van der Waals surface area contributed by atoms with E-state index in [9.17, 15) is 4.79 Å². The summed E-state index contributed by atoms with van der Waals surface area (Å²) in [5, 5.41) is 9.02. The minimum absolute atomic E-state index is 0.0380. The van der Waals surface area contributed by atoms with E-state index in [0.717, 1.165) is 0 Å². The van der Waals surface area contributed by atoms with Crippen molar-refractivity contribution in [1.82, 2.24) is 9.55 Å². The summed E-state index contributed by atoms with van der Waals surface area (Å²) < 4.78 is 6.81. The van der Waals surface area contributed by atoms with E-state index in [1.165, 1.54) is 4.57 Å². The molecule has 1 N–H and O–H groups in total. The van der Waals surface area contributed by atoms with Crippen LogP contribution in [0.4, 0.5) is 5.82 Å². The fourth-order valence-corrected chi connectivity index (χ4v) is 1.72. The number of ether oxygens (including phenoxy) is 1. The summed E-state index contributed by atoms with van der Waals surface area (Å²) in [6.07, 6.45) is 2.98. The van der Waals surface area contributed by atoms with Crippen LogP contribution >= 0.6 is 0 Å². The van der Waals surface area contributed by atoms with E-state index in [1.54, 1.807) is 19.4 Å². The molecular formula is C10H15N3O3. The molecule has 1 aliphatic rings. The number of aliphatic hydroxyl groups excluding tert-OH is 1. The van der Waals surface area contributed by atoms with E-state index < -0.39 is 0 Å². The van der Waals surface area contributed by atoms with Gasteiger partial charge >= 0.3 is 0 Å². The molecule has 1 atom stereocenters. The van der Waals surface area contributed by atoms with Crippen molar-refractivity contribution in [1.29, 1.82) is 0 Å². The molecule has 1 aromatic rings. The van der Waals surface area contributed by atoms with Gasteiger partial charge in [0.1, 0.15) is 0 Å². The highest BCUT2D eigenvalue weighted by Gasteiger charge is 2.22. The van der Waals surface area contributed by atoms with E-state index >= 15 is 0 Å². The summed E-state index contributed by atoms with van der Waals surface area (Å²) in [5.74, 6) is 0.423. The molecule has 16 heavy (non-hydrogen) atoms. The first-order chi connectivity index (χ1) is 7.72. The van der Waals surface area contributed by atoms with Crippen LogP contribution in [-0.4, -0.2) is 47.1 Å². The minimum Gasteiger partial charge on any atom is -0.394 e. The van der Waals surface area contributed by atoms with Gasteiger partial charge < -0.3 is 19.3 Å². The van der Waals surface area contributed by atoms with Gasteiger partial charge in [0.25, 0.3) is 5.56 Å². The van der Waals surface area contributed by atoms with Gasteiger partial charge in [-0.05, 0) is 0 Å². The van der Waals surface area contributed by atoms with Gasteiger partial charge in [-0.2, -0.15) is 0 Å². The highest BCUT2D eigenvalue weighted by Crippen LogP contribution is 2.10. The SMILES string of the molecule is Cn1ccnc(N2CCOC(CO)C2)c1=O. The van der Waals surface area contributed by atoms with Crippen LogP contribution in [0.25, 0.3) is 0 Å². The van der Waals surface area contributed by atoms with Crippen molar-refractivity contribution in [2.75, 3.05) is 31.2 Å². The van der Waals surface area contributed by atoms with Crippen molar-refractivity contribution in [3.8, 4) is 0 Å². The van der Waals surface area contributed by atoms with E-state index in [-0.39, 0.29) is 18.3 Å². The van der Waals surface area contributed by atoms with Crippen LogP contribution in [0, 0.1) is 0 Å². The van der Waals surface area contributed by atoms with E-state index in [2.05, 4.69) is 4.98 Å². The monoisotopic (exact) mass is 225 g/mol. The molecule has 0 saturated carbocycles. The van der Waals surface area contributed by atoms with E-state index in [1.807, 2.05) is 4.90 Å². The lowest BCUT2D eigenvalue weighted by Gasteiger charge is -2.32. The Morgan fingerprint density at radius 3 is 3.25 bits per heavy atom. The predicted molar refractivity (Wildman–Crippen MR) is 58.5 cm³/mol. The van der Waals surface area contributed by atoms with Gasteiger partial charge in [0.2, 0.25) is 0 Å². The second-order valence-electron chi connectivity index (χ2n) is 3.79. The Hall–Kier alpha value is -1.40. The van der Waals surface area contributed by atoms with Crippen molar-refractivity contribution < 1.29 is 9.84 Å². The zero-order valence-corrected chi connectivity index (χ0v) is 9.17. The molecule has 88 valence electrons. The zero-order valence-electron chi connectivity index (χ0n) is 9.17. The minimum atomic E-state index is -0.236. The molecule has 1 fully saturated rings. The number of hydrogen-bond donors (Lipinski definition) is 1. The zero-order chi connectivity index (χ0) is 11.5. The summed E-state index contributed by atoms with van der Waals surface area (Å²) in [7, 11) is 1.69. The molecule has 2 rings (SSSR count). The first-order valence-electron chi connectivity index (χ1n) is 5.21. The van der Waals surface area contributed by atoms with Gasteiger partial charge in [-0.1, -0.05) is 0 Å². The second-order valence-corrected chi connectivity index (χ2v) is 3.79. The normalized spacial score (nSPS) is 21.1. The van der Waals surface area contributed by atoms with Gasteiger partial charge in [0.05, 0.1) is 19.3 Å². The molecule has 1 saturated heterocycles. The Morgan fingerprint density at radius 2 is 2.50 bits per heavy atom. The van der Waals surface area contributed by atoms with Crippen LogP contribution in [0.5, 0.6) is 0 Å². The van der Waals surface area contributed by atoms with Gasteiger partial charge in [-0.25, -0.2) is 4.98 Å². The molecule has 1 aromatic heterocycles. The molecular weight excluding hydrogens is 210 g/mol. The molecule has 6 heteroatoms. The molecule has 0 spiro atoms. The summed E-state index contributed by atoms with van der Waals surface area (Å²) in [6.45, 7) is 1.60. The number of aryl methyl sites for hydroxylation is 1. The van der Waals surface area contributed by atoms with Crippen molar-refractivity contribution >= 4 is 5.82 Å². The average Bonchev–Trinajstić information content (AvgIpc) is 2.33.